The van der Waals surface area contributed by atoms with Gasteiger partial charge in [-0.05, 0) is 49.8 Å². The molecule has 0 spiro atoms. The summed E-state index contributed by atoms with van der Waals surface area (Å²) in [6.07, 6.45) is 7.13. The maximum absolute atomic E-state index is 5.94. The molecule has 2 atom stereocenters. The van der Waals surface area contributed by atoms with Crippen molar-refractivity contribution in [2.24, 2.45) is 11.7 Å². The maximum atomic E-state index is 5.94. The van der Waals surface area contributed by atoms with Gasteiger partial charge in [0.1, 0.15) is 5.82 Å². The van der Waals surface area contributed by atoms with Crippen molar-refractivity contribution in [2.75, 3.05) is 18.0 Å². The van der Waals surface area contributed by atoms with E-state index in [-0.39, 0.29) is 6.04 Å². The van der Waals surface area contributed by atoms with Gasteiger partial charge in [0, 0.05) is 25.3 Å². The summed E-state index contributed by atoms with van der Waals surface area (Å²) in [6, 6.07) is 4.25. The summed E-state index contributed by atoms with van der Waals surface area (Å²) in [5.74, 6) is 1.99. The van der Waals surface area contributed by atoms with E-state index in [1.54, 1.807) is 0 Å². The molecule has 1 aromatic heterocycles. The molecule has 1 aromatic rings. The third-order valence-corrected chi connectivity index (χ3v) is 4.04. The number of aromatic nitrogens is 1. The van der Waals surface area contributed by atoms with Crippen LogP contribution in [0.4, 0.5) is 5.82 Å². The second-order valence-corrected chi connectivity index (χ2v) is 5.43. The molecule has 1 aliphatic heterocycles. The molecule has 0 bridgehead atoms. The van der Waals surface area contributed by atoms with Gasteiger partial charge in [0.2, 0.25) is 0 Å². The van der Waals surface area contributed by atoms with Gasteiger partial charge in [-0.3, -0.25) is 0 Å². The molecule has 18 heavy (non-hydrogen) atoms. The first-order chi connectivity index (χ1) is 8.70. The molecule has 2 heterocycles. The van der Waals surface area contributed by atoms with E-state index in [1.807, 2.05) is 19.2 Å². The monoisotopic (exact) mass is 247 g/mol. The Balaban J connectivity index is 2.08. The van der Waals surface area contributed by atoms with Gasteiger partial charge >= 0.3 is 0 Å². The fraction of sp³-hybridized carbons (Fsp3) is 0.667. The van der Waals surface area contributed by atoms with Crippen molar-refractivity contribution in [1.82, 2.24) is 4.98 Å². The molecule has 1 fully saturated rings. The first kappa shape index (κ1) is 13.3. The lowest BCUT2D eigenvalue weighted by Crippen LogP contribution is -2.25. The van der Waals surface area contributed by atoms with E-state index in [9.17, 15) is 0 Å². The van der Waals surface area contributed by atoms with Gasteiger partial charge in [0.25, 0.3) is 0 Å². The summed E-state index contributed by atoms with van der Waals surface area (Å²) in [6.45, 7) is 6.59. The van der Waals surface area contributed by atoms with E-state index in [4.69, 9.17) is 5.73 Å². The van der Waals surface area contributed by atoms with Gasteiger partial charge < -0.3 is 10.6 Å². The Kier molecular flexibility index (Phi) is 4.59. The standard InChI is InChI=1S/C15H25N3/c1-3-13-5-4-9-18(10-7-13)15-11-14(12(2)16)6-8-17-15/h6,8,11-13H,3-5,7,9-10,16H2,1-2H3/t12-,13?/m1/s1. The molecular formula is C15H25N3. The van der Waals surface area contributed by atoms with Crippen molar-refractivity contribution < 1.29 is 0 Å². The summed E-state index contributed by atoms with van der Waals surface area (Å²) in [4.78, 5) is 6.93. The van der Waals surface area contributed by atoms with Crippen LogP contribution in [0.5, 0.6) is 0 Å². The third-order valence-electron chi connectivity index (χ3n) is 4.04. The van der Waals surface area contributed by atoms with E-state index in [2.05, 4.69) is 22.9 Å². The minimum Gasteiger partial charge on any atom is -0.357 e. The van der Waals surface area contributed by atoms with E-state index < -0.39 is 0 Å². The normalized spacial score (nSPS) is 22.6. The molecule has 0 aliphatic carbocycles. The highest BCUT2D eigenvalue weighted by Crippen LogP contribution is 2.24. The highest BCUT2D eigenvalue weighted by atomic mass is 15.2. The molecule has 1 saturated heterocycles. The van der Waals surface area contributed by atoms with Crippen LogP contribution < -0.4 is 10.6 Å². The van der Waals surface area contributed by atoms with E-state index in [0.717, 1.165) is 24.8 Å². The first-order valence-corrected chi connectivity index (χ1v) is 7.17. The summed E-state index contributed by atoms with van der Waals surface area (Å²) in [5, 5.41) is 0. The van der Waals surface area contributed by atoms with Gasteiger partial charge in [-0.2, -0.15) is 0 Å². The maximum Gasteiger partial charge on any atom is 0.128 e. The Morgan fingerprint density at radius 2 is 2.28 bits per heavy atom. The van der Waals surface area contributed by atoms with Gasteiger partial charge in [-0.1, -0.05) is 13.3 Å². The Bertz CT molecular complexity index is 376. The van der Waals surface area contributed by atoms with Crippen LogP contribution in [0.3, 0.4) is 0 Å². The minimum atomic E-state index is 0.0853. The second-order valence-electron chi connectivity index (χ2n) is 5.43. The lowest BCUT2D eigenvalue weighted by atomic mass is 9.98. The average Bonchev–Trinajstić information content (AvgIpc) is 2.64. The van der Waals surface area contributed by atoms with Crippen LogP contribution >= 0.6 is 0 Å². The van der Waals surface area contributed by atoms with E-state index in [0.29, 0.717) is 0 Å². The molecule has 2 rings (SSSR count). The number of nitrogens with zero attached hydrogens (tertiary/aromatic N) is 2. The lowest BCUT2D eigenvalue weighted by Gasteiger charge is -2.22. The Morgan fingerprint density at radius 1 is 1.44 bits per heavy atom. The molecule has 0 amide bonds. The number of hydrogen-bond acceptors (Lipinski definition) is 3. The zero-order valence-electron chi connectivity index (χ0n) is 11.6. The summed E-state index contributed by atoms with van der Waals surface area (Å²) in [7, 11) is 0. The lowest BCUT2D eigenvalue weighted by molar-refractivity contribution is 0.459. The van der Waals surface area contributed by atoms with Gasteiger partial charge in [0.15, 0.2) is 0 Å². The van der Waals surface area contributed by atoms with Crippen LogP contribution in [0.25, 0.3) is 0 Å². The van der Waals surface area contributed by atoms with Crippen LogP contribution in [-0.4, -0.2) is 18.1 Å². The van der Waals surface area contributed by atoms with Gasteiger partial charge in [-0.25, -0.2) is 4.98 Å². The Hall–Kier alpha value is -1.09. The molecule has 2 N–H and O–H groups in total. The number of anilines is 1. The number of nitrogens with two attached hydrogens (primary N) is 1. The van der Waals surface area contributed by atoms with Gasteiger partial charge in [0.05, 0.1) is 0 Å². The van der Waals surface area contributed by atoms with Crippen molar-refractivity contribution in [3.63, 3.8) is 0 Å². The fourth-order valence-electron chi connectivity index (χ4n) is 2.69. The van der Waals surface area contributed by atoms with Crippen LogP contribution in [0.15, 0.2) is 18.3 Å². The molecule has 100 valence electrons. The second kappa shape index (κ2) is 6.19. The molecule has 0 aromatic carbocycles. The third kappa shape index (κ3) is 3.22. The number of pyridine rings is 1. The van der Waals surface area contributed by atoms with Crippen molar-refractivity contribution in [3.05, 3.63) is 23.9 Å². The predicted octanol–water partition coefficient (Wildman–Crippen LogP) is 3.12. The van der Waals surface area contributed by atoms with Crippen molar-refractivity contribution >= 4 is 5.82 Å². The van der Waals surface area contributed by atoms with Crippen LogP contribution in [-0.2, 0) is 0 Å². The van der Waals surface area contributed by atoms with E-state index in [1.165, 1.54) is 31.2 Å². The van der Waals surface area contributed by atoms with Crippen LogP contribution in [0, 0.1) is 5.92 Å². The zero-order chi connectivity index (χ0) is 13.0. The molecule has 0 saturated carbocycles. The highest BCUT2D eigenvalue weighted by molar-refractivity contribution is 5.41. The zero-order valence-corrected chi connectivity index (χ0v) is 11.6. The first-order valence-electron chi connectivity index (χ1n) is 7.17. The van der Waals surface area contributed by atoms with Gasteiger partial charge in [-0.15, -0.1) is 0 Å². The van der Waals surface area contributed by atoms with Crippen molar-refractivity contribution in [1.29, 1.82) is 0 Å². The van der Waals surface area contributed by atoms with Crippen LogP contribution in [0.1, 0.15) is 51.1 Å². The molecular weight excluding hydrogens is 222 g/mol. The van der Waals surface area contributed by atoms with Crippen molar-refractivity contribution in [3.8, 4) is 0 Å². The molecule has 3 heteroatoms. The topological polar surface area (TPSA) is 42.1 Å². The molecule has 3 nitrogen and oxygen atoms in total. The fourth-order valence-corrected chi connectivity index (χ4v) is 2.69. The Morgan fingerprint density at radius 3 is 3.00 bits per heavy atom. The number of hydrogen-bond donors (Lipinski definition) is 1. The highest BCUT2D eigenvalue weighted by Gasteiger charge is 2.17. The number of rotatable bonds is 3. The predicted molar refractivity (Wildman–Crippen MR) is 76.7 cm³/mol. The summed E-state index contributed by atoms with van der Waals surface area (Å²) >= 11 is 0. The molecule has 0 radical (unpaired) electrons. The summed E-state index contributed by atoms with van der Waals surface area (Å²) < 4.78 is 0. The summed E-state index contributed by atoms with van der Waals surface area (Å²) in [5.41, 5.74) is 7.12. The van der Waals surface area contributed by atoms with Crippen molar-refractivity contribution in [2.45, 2.75) is 45.6 Å². The minimum absolute atomic E-state index is 0.0853. The Labute approximate surface area is 110 Å². The quantitative estimate of drug-likeness (QED) is 0.892. The molecule has 1 aliphatic rings. The molecule has 1 unspecified atom stereocenters. The largest absolute Gasteiger partial charge is 0.357 e. The van der Waals surface area contributed by atoms with Crippen LogP contribution in [0.2, 0.25) is 0 Å². The SMILES string of the molecule is CCC1CCCN(c2cc([C@@H](C)N)ccn2)CC1. The smallest absolute Gasteiger partial charge is 0.128 e. The average molecular weight is 247 g/mol. The van der Waals surface area contributed by atoms with E-state index >= 15 is 0 Å².